The Morgan fingerprint density at radius 3 is 2.96 bits per heavy atom. The predicted octanol–water partition coefficient (Wildman–Crippen LogP) is 3.45. The summed E-state index contributed by atoms with van der Waals surface area (Å²) in [5.41, 5.74) is 1.92. The molecule has 24 heavy (non-hydrogen) atoms. The molecular formula is C18H20BrFN2O2. The Balaban J connectivity index is 1.85. The molecule has 1 saturated heterocycles. The Labute approximate surface area is 149 Å². The molecular weight excluding hydrogens is 375 g/mol. The molecule has 0 saturated carbocycles. The molecule has 1 atom stereocenters. The summed E-state index contributed by atoms with van der Waals surface area (Å²) in [5, 5.41) is 13.4. The van der Waals surface area contributed by atoms with Crippen molar-refractivity contribution < 1.29 is 14.2 Å². The Hall–Kier alpha value is -1.63. The summed E-state index contributed by atoms with van der Waals surface area (Å²) < 4.78 is 19.6. The first-order valence-electron chi connectivity index (χ1n) is 7.84. The molecule has 2 aromatic carbocycles. The number of phenolic OH excluding ortho intramolecular Hbond substituents is 1. The van der Waals surface area contributed by atoms with E-state index in [1.807, 2.05) is 6.07 Å². The van der Waals surface area contributed by atoms with Crippen LogP contribution in [0.3, 0.4) is 0 Å². The lowest BCUT2D eigenvalue weighted by Crippen LogP contribution is -2.45. The third kappa shape index (κ3) is 3.71. The zero-order valence-corrected chi connectivity index (χ0v) is 15.0. The number of benzene rings is 2. The van der Waals surface area contributed by atoms with E-state index in [0.717, 1.165) is 35.2 Å². The third-order valence-electron chi connectivity index (χ3n) is 4.31. The molecule has 1 aliphatic heterocycles. The number of aromatic hydroxyl groups is 1. The number of nitrogens with zero attached hydrogens (tertiary/aromatic N) is 1. The maximum absolute atomic E-state index is 13.6. The van der Waals surface area contributed by atoms with Crippen LogP contribution in [0.2, 0.25) is 0 Å². The van der Waals surface area contributed by atoms with Gasteiger partial charge in [-0.15, -0.1) is 0 Å². The highest BCUT2D eigenvalue weighted by atomic mass is 79.9. The fraction of sp³-hybridized carbons (Fsp3) is 0.333. The van der Waals surface area contributed by atoms with Crippen molar-refractivity contribution in [1.29, 1.82) is 0 Å². The average Bonchev–Trinajstić information content (AvgIpc) is 2.58. The Morgan fingerprint density at radius 2 is 2.21 bits per heavy atom. The van der Waals surface area contributed by atoms with Gasteiger partial charge in [0.2, 0.25) is 0 Å². The Morgan fingerprint density at radius 1 is 1.38 bits per heavy atom. The van der Waals surface area contributed by atoms with Crippen molar-refractivity contribution in [3.63, 3.8) is 0 Å². The first-order valence-corrected chi connectivity index (χ1v) is 8.63. The number of halogens is 2. The van der Waals surface area contributed by atoms with E-state index < -0.39 is 0 Å². The molecule has 0 amide bonds. The number of hydrogen-bond donors (Lipinski definition) is 2. The maximum atomic E-state index is 13.6. The maximum Gasteiger partial charge on any atom is 0.161 e. The highest BCUT2D eigenvalue weighted by Gasteiger charge is 2.25. The van der Waals surface area contributed by atoms with Gasteiger partial charge in [-0.05, 0) is 35.4 Å². The van der Waals surface area contributed by atoms with Gasteiger partial charge in [0.25, 0.3) is 0 Å². The smallest absolute Gasteiger partial charge is 0.161 e. The van der Waals surface area contributed by atoms with Gasteiger partial charge in [-0.25, -0.2) is 4.39 Å². The first kappa shape index (κ1) is 17.2. The summed E-state index contributed by atoms with van der Waals surface area (Å²) in [4.78, 5) is 2.29. The monoisotopic (exact) mass is 394 g/mol. The largest absolute Gasteiger partial charge is 0.504 e. The molecule has 2 N–H and O–H groups in total. The van der Waals surface area contributed by atoms with E-state index in [4.69, 9.17) is 4.74 Å². The van der Waals surface area contributed by atoms with Crippen LogP contribution in [0, 0.1) is 5.82 Å². The zero-order valence-electron chi connectivity index (χ0n) is 13.4. The molecule has 1 heterocycles. The average molecular weight is 395 g/mol. The molecule has 128 valence electrons. The topological polar surface area (TPSA) is 44.7 Å². The van der Waals surface area contributed by atoms with E-state index >= 15 is 0 Å². The molecule has 3 rings (SSSR count). The van der Waals surface area contributed by atoms with Gasteiger partial charge in [-0.2, -0.15) is 0 Å². The van der Waals surface area contributed by atoms with Gasteiger partial charge in [-0.1, -0.05) is 28.1 Å². The highest BCUT2D eigenvalue weighted by molar-refractivity contribution is 9.10. The number of ether oxygens (including phenoxy) is 1. The van der Waals surface area contributed by atoms with Crippen LogP contribution in [0.1, 0.15) is 17.2 Å². The first-order chi connectivity index (χ1) is 11.6. The molecule has 1 unspecified atom stereocenters. The molecule has 0 aliphatic carbocycles. The van der Waals surface area contributed by atoms with E-state index in [2.05, 4.69) is 26.1 Å². The Kier molecular flexibility index (Phi) is 5.38. The van der Waals surface area contributed by atoms with E-state index in [1.165, 1.54) is 13.2 Å². The number of phenols is 1. The van der Waals surface area contributed by atoms with Crippen LogP contribution >= 0.6 is 15.9 Å². The Bertz CT molecular complexity index is 726. The van der Waals surface area contributed by atoms with Gasteiger partial charge < -0.3 is 15.2 Å². The van der Waals surface area contributed by atoms with Crippen LogP contribution < -0.4 is 10.1 Å². The minimum absolute atomic E-state index is 0.0885. The van der Waals surface area contributed by atoms with E-state index in [1.54, 1.807) is 24.3 Å². The second-order valence-electron chi connectivity index (χ2n) is 5.86. The summed E-state index contributed by atoms with van der Waals surface area (Å²) in [7, 11) is 1.53. The second-order valence-corrected chi connectivity index (χ2v) is 6.72. The van der Waals surface area contributed by atoms with Gasteiger partial charge in [-0.3, -0.25) is 4.90 Å². The van der Waals surface area contributed by atoms with Crippen molar-refractivity contribution in [3.05, 3.63) is 57.8 Å². The van der Waals surface area contributed by atoms with Gasteiger partial charge in [0.15, 0.2) is 11.5 Å². The van der Waals surface area contributed by atoms with Crippen molar-refractivity contribution in [1.82, 2.24) is 10.2 Å². The fourth-order valence-corrected chi connectivity index (χ4v) is 3.52. The number of rotatable bonds is 4. The van der Waals surface area contributed by atoms with Crippen LogP contribution in [0.5, 0.6) is 11.5 Å². The summed E-state index contributed by atoms with van der Waals surface area (Å²) in [6.07, 6.45) is 0. The normalized spacial score (nSPS) is 18.5. The lowest BCUT2D eigenvalue weighted by atomic mass is 10.0. The minimum Gasteiger partial charge on any atom is -0.504 e. The number of hydrogen-bond acceptors (Lipinski definition) is 4. The summed E-state index contributed by atoms with van der Waals surface area (Å²) in [6, 6.07) is 10.3. The van der Waals surface area contributed by atoms with Crippen LogP contribution in [-0.4, -0.2) is 36.8 Å². The van der Waals surface area contributed by atoms with Gasteiger partial charge in [0.1, 0.15) is 5.82 Å². The molecule has 1 fully saturated rings. The van der Waals surface area contributed by atoms with Crippen LogP contribution in [0.4, 0.5) is 4.39 Å². The molecule has 0 bridgehead atoms. The van der Waals surface area contributed by atoms with Crippen LogP contribution in [0.25, 0.3) is 0 Å². The fourth-order valence-electron chi connectivity index (χ4n) is 3.07. The molecule has 4 nitrogen and oxygen atoms in total. The molecule has 6 heteroatoms. The van der Waals surface area contributed by atoms with Gasteiger partial charge in [0, 0.05) is 36.7 Å². The predicted molar refractivity (Wildman–Crippen MR) is 94.8 cm³/mol. The SMILES string of the molecule is COc1cc(Br)c(CN2CCNCC2c2cccc(F)c2)cc1O. The van der Waals surface area contributed by atoms with Crippen molar-refractivity contribution in [3.8, 4) is 11.5 Å². The summed E-state index contributed by atoms with van der Waals surface area (Å²) in [5.74, 6) is 0.335. The quantitative estimate of drug-likeness (QED) is 0.833. The van der Waals surface area contributed by atoms with Crippen molar-refractivity contribution >= 4 is 15.9 Å². The van der Waals surface area contributed by atoms with Crippen molar-refractivity contribution in [2.75, 3.05) is 26.7 Å². The van der Waals surface area contributed by atoms with E-state index in [9.17, 15) is 9.50 Å². The number of methoxy groups -OCH3 is 1. The molecule has 1 aliphatic rings. The van der Waals surface area contributed by atoms with Crippen molar-refractivity contribution in [2.45, 2.75) is 12.6 Å². The number of piperazine rings is 1. The highest BCUT2D eigenvalue weighted by Crippen LogP contribution is 2.34. The van der Waals surface area contributed by atoms with Crippen LogP contribution in [-0.2, 0) is 6.54 Å². The van der Waals surface area contributed by atoms with Crippen molar-refractivity contribution in [2.24, 2.45) is 0 Å². The second kappa shape index (κ2) is 7.51. The summed E-state index contributed by atoms with van der Waals surface area (Å²) in [6.45, 7) is 3.15. The standard InChI is InChI=1S/C18H20BrFN2O2/c1-24-18-9-15(19)13(8-17(18)23)11-22-6-5-21-10-16(22)12-3-2-4-14(20)7-12/h2-4,7-9,16,21,23H,5-6,10-11H2,1H3. The molecule has 2 aromatic rings. The molecule has 0 radical (unpaired) electrons. The lowest BCUT2D eigenvalue weighted by Gasteiger charge is -2.36. The number of nitrogens with one attached hydrogen (secondary N) is 1. The van der Waals surface area contributed by atoms with Gasteiger partial charge in [0.05, 0.1) is 7.11 Å². The summed E-state index contributed by atoms with van der Waals surface area (Å²) >= 11 is 3.54. The minimum atomic E-state index is -0.221. The third-order valence-corrected chi connectivity index (χ3v) is 5.05. The lowest BCUT2D eigenvalue weighted by molar-refractivity contribution is 0.153. The van der Waals surface area contributed by atoms with E-state index in [0.29, 0.717) is 12.3 Å². The van der Waals surface area contributed by atoms with Crippen LogP contribution in [0.15, 0.2) is 40.9 Å². The van der Waals surface area contributed by atoms with Gasteiger partial charge >= 0.3 is 0 Å². The zero-order chi connectivity index (χ0) is 17.1. The molecule has 0 aromatic heterocycles. The van der Waals surface area contributed by atoms with E-state index in [-0.39, 0.29) is 17.6 Å². The molecule has 0 spiro atoms.